The third kappa shape index (κ3) is 5.36. The fraction of sp³-hybridized carbons (Fsp3) is 0.524. The van der Waals surface area contributed by atoms with Gasteiger partial charge in [0.2, 0.25) is 5.95 Å². The zero-order chi connectivity index (χ0) is 31.8. The molecule has 2 bridgehead atoms. The molecule has 7 rings (SSSR count). The maximum Gasteiger partial charge on any atom is 0.328 e. The normalized spacial score (nSPS) is 37.7. The number of imidazole rings is 2. The van der Waals surface area contributed by atoms with Gasteiger partial charge in [-0.3, -0.25) is 28.0 Å². The Morgan fingerprint density at radius 2 is 1.60 bits per heavy atom. The number of H-pyrrole nitrogens is 1. The lowest BCUT2D eigenvalue weighted by atomic mass is 10.1. The Bertz CT molecular complexity index is 1940. The molecule has 4 aromatic rings. The van der Waals surface area contributed by atoms with Gasteiger partial charge in [0.25, 0.3) is 5.56 Å². The van der Waals surface area contributed by atoms with E-state index in [0.29, 0.717) is 0 Å². The van der Waals surface area contributed by atoms with E-state index in [1.54, 1.807) is 0 Å². The Morgan fingerprint density at radius 3 is 2.38 bits per heavy atom. The summed E-state index contributed by atoms with van der Waals surface area (Å²) >= 11 is 0. The number of ether oxygens (including phenoxy) is 2. The summed E-state index contributed by atoms with van der Waals surface area (Å²) in [5.74, 6) is -0.0738. The van der Waals surface area contributed by atoms with Gasteiger partial charge in [0.05, 0.1) is 33.4 Å². The van der Waals surface area contributed by atoms with Gasteiger partial charge >= 0.3 is 7.60 Å². The van der Waals surface area contributed by atoms with Gasteiger partial charge in [0, 0.05) is 6.66 Å². The number of nitrogens with two attached hydrogens (primary N) is 2. The molecule has 21 nitrogen and oxygen atoms in total. The van der Waals surface area contributed by atoms with Gasteiger partial charge in [-0.15, -0.1) is 0 Å². The fourth-order valence-corrected chi connectivity index (χ4v) is 7.26. The van der Waals surface area contributed by atoms with Crippen molar-refractivity contribution < 1.29 is 46.9 Å². The van der Waals surface area contributed by atoms with Gasteiger partial charge in [-0.25, -0.2) is 19.9 Å². The Hall–Kier alpha value is -3.30. The monoisotopic (exact) mass is 669 g/mol. The Labute approximate surface area is 252 Å². The van der Waals surface area contributed by atoms with E-state index in [2.05, 4.69) is 29.9 Å². The van der Waals surface area contributed by atoms with Crippen molar-refractivity contribution in [2.24, 2.45) is 0 Å². The second-order valence-electron chi connectivity index (χ2n) is 10.2. The van der Waals surface area contributed by atoms with Crippen molar-refractivity contribution in [1.82, 2.24) is 39.0 Å². The van der Waals surface area contributed by atoms with Crippen LogP contribution in [0.1, 0.15) is 12.5 Å². The van der Waals surface area contributed by atoms with Crippen LogP contribution < -0.4 is 17.0 Å². The molecule has 24 heteroatoms. The molecule has 0 spiro atoms. The summed E-state index contributed by atoms with van der Waals surface area (Å²) in [7, 11) is -9.01. The van der Waals surface area contributed by atoms with Crippen molar-refractivity contribution in [3.8, 4) is 0 Å². The zero-order valence-corrected chi connectivity index (χ0v) is 24.3. The van der Waals surface area contributed by atoms with Crippen LogP contribution in [0.4, 0.5) is 11.8 Å². The summed E-state index contributed by atoms with van der Waals surface area (Å²) < 4.78 is 65.3. The second kappa shape index (κ2) is 10.9. The molecule has 0 radical (unpaired) electrons. The van der Waals surface area contributed by atoms with Crippen LogP contribution >= 0.6 is 15.1 Å². The van der Waals surface area contributed by atoms with Crippen molar-refractivity contribution in [2.75, 3.05) is 31.3 Å². The molecule has 0 amide bonds. The molecule has 0 aromatic carbocycles. The highest BCUT2D eigenvalue weighted by Crippen LogP contribution is 2.53. The van der Waals surface area contributed by atoms with E-state index in [1.165, 1.54) is 34.8 Å². The van der Waals surface area contributed by atoms with Crippen molar-refractivity contribution in [3.63, 3.8) is 0 Å². The molecule has 3 aliphatic heterocycles. The number of nitrogens with one attached hydrogen (secondary N) is 1. The highest BCUT2D eigenvalue weighted by atomic mass is 31.2. The minimum atomic E-state index is -3.99. The standard InChI is InChI=1S/C21H28BN10O11P2/c1-44(36)38-2-7-11(33)14(20(40-7)32-6-28-10-17(32)29-21(24)30-18(10)35)43-45(22,37)39-3-8-13(42-44)12(34)19(41-8)31-5-27-9-15(23)25-4-26-16(9)31/h4-8,11-14,19-20,33-34H,2-3H2,1,22H3,(H2,23,25,26)(H3,24,29,30,35)/q-1/t7?,8?,11?,12?,13?,14?,19?,20?,44-,45-/m1/s1. The number of hydrogen-bond acceptors (Lipinski definition) is 18. The largest absolute Gasteiger partial charge is 0.387 e. The first-order valence-electron chi connectivity index (χ1n) is 13.0. The molecule has 8 unspecified atom stereocenters. The number of aliphatic hydroxyl groups is 2. The fourth-order valence-electron chi connectivity index (χ4n) is 5.32. The van der Waals surface area contributed by atoms with E-state index in [0.717, 1.165) is 0 Å². The summed E-state index contributed by atoms with van der Waals surface area (Å²) in [4.78, 5) is 35.2. The number of aromatic nitrogens is 8. The molecule has 3 aliphatic rings. The zero-order valence-electron chi connectivity index (χ0n) is 22.5. The molecule has 7 heterocycles. The number of hydrogen-bond donors (Lipinski definition) is 5. The number of rotatable bonds is 2. The SMILES string of the molecule is [BH3-][P@@]1(=O)OCC2OC(n3cnc4c(N)ncnc43)C(O)C2O[P@](C)(=O)OCC2OC(n3cnc4c(=O)[nH]c(N)nc43)C(O1)C2O. The first-order chi connectivity index (χ1) is 21.3. The first-order valence-corrected chi connectivity index (χ1v) is 16.1. The summed E-state index contributed by atoms with van der Waals surface area (Å²) in [6.45, 7) is 0.307. The van der Waals surface area contributed by atoms with Gasteiger partial charge in [0.1, 0.15) is 55.9 Å². The third-order valence-corrected chi connectivity index (χ3v) is 9.37. The van der Waals surface area contributed by atoms with Gasteiger partial charge in [-0.05, 0) is 0 Å². The Morgan fingerprint density at radius 1 is 0.911 bits per heavy atom. The smallest absolute Gasteiger partial charge is 0.328 e. The lowest BCUT2D eigenvalue weighted by Gasteiger charge is -2.30. The van der Waals surface area contributed by atoms with Crippen LogP contribution in [0.5, 0.6) is 0 Å². The highest BCUT2D eigenvalue weighted by Gasteiger charge is 2.52. The average Bonchev–Trinajstić information content (AvgIpc) is 3.72. The van der Waals surface area contributed by atoms with Crippen LogP contribution in [0.15, 0.2) is 23.8 Å². The molecule has 0 saturated carbocycles. The number of fused-ring (bicyclic) bond motifs is 5. The summed E-state index contributed by atoms with van der Waals surface area (Å²) in [5.41, 5.74) is 11.5. The Kier molecular flexibility index (Phi) is 7.36. The molecule has 242 valence electrons. The molecule has 45 heavy (non-hydrogen) atoms. The maximum atomic E-state index is 13.8. The molecular formula is C21H28BN10O11P2-. The molecule has 0 aliphatic carbocycles. The van der Waals surface area contributed by atoms with Crippen LogP contribution in [0, 0.1) is 0 Å². The molecule has 3 fully saturated rings. The Balaban J connectivity index is 1.21. The number of nitrogen functional groups attached to an aromatic ring is 2. The molecular weight excluding hydrogens is 641 g/mol. The van der Waals surface area contributed by atoms with Crippen molar-refractivity contribution >= 4 is 56.7 Å². The minimum absolute atomic E-state index is 0.0226. The highest BCUT2D eigenvalue weighted by molar-refractivity contribution is 7.79. The second-order valence-corrected chi connectivity index (χ2v) is 13.1. The molecule has 7 N–H and O–H groups in total. The van der Waals surface area contributed by atoms with Gasteiger partial charge < -0.3 is 49.3 Å². The maximum absolute atomic E-state index is 13.8. The number of aromatic amines is 1. The quantitative estimate of drug-likeness (QED) is 0.111. The van der Waals surface area contributed by atoms with Crippen LogP contribution in [0.3, 0.4) is 0 Å². The van der Waals surface area contributed by atoms with Crippen molar-refractivity contribution in [2.45, 2.75) is 49.1 Å². The van der Waals surface area contributed by atoms with E-state index in [9.17, 15) is 24.1 Å². The van der Waals surface area contributed by atoms with E-state index >= 15 is 0 Å². The summed E-state index contributed by atoms with van der Waals surface area (Å²) in [6, 6.07) is 0. The van der Waals surface area contributed by atoms with Crippen LogP contribution in [0.2, 0.25) is 0 Å². The molecule has 10 atom stereocenters. The summed E-state index contributed by atoms with van der Waals surface area (Å²) in [6.07, 6.45) is -6.34. The number of anilines is 2. The molecule has 4 aromatic heterocycles. The lowest BCUT2D eigenvalue weighted by Crippen LogP contribution is -2.36. The van der Waals surface area contributed by atoms with Gasteiger partial charge in [-0.1, -0.05) is 0 Å². The average molecular weight is 669 g/mol. The van der Waals surface area contributed by atoms with Crippen LogP contribution in [-0.2, 0) is 36.7 Å². The van der Waals surface area contributed by atoms with Crippen molar-refractivity contribution in [3.05, 3.63) is 29.3 Å². The topological polar surface area (TPSA) is 289 Å². The summed E-state index contributed by atoms with van der Waals surface area (Å²) in [5, 5.41) is 22.5. The van der Waals surface area contributed by atoms with Gasteiger partial charge in [0.15, 0.2) is 35.1 Å². The number of aliphatic hydroxyl groups excluding tert-OH is 2. The predicted octanol–water partition coefficient (Wildman–Crippen LogP) is -2.25. The molecule has 3 saturated heterocycles. The van der Waals surface area contributed by atoms with Crippen LogP contribution in [-0.4, -0.2) is 113 Å². The van der Waals surface area contributed by atoms with Gasteiger partial charge in [-0.2, -0.15) is 4.98 Å². The lowest BCUT2D eigenvalue weighted by molar-refractivity contribution is -0.0583. The van der Waals surface area contributed by atoms with E-state index < -0.39 is 90.5 Å². The minimum Gasteiger partial charge on any atom is -0.387 e. The first kappa shape index (κ1) is 30.4. The van der Waals surface area contributed by atoms with E-state index in [1.807, 2.05) is 0 Å². The predicted molar refractivity (Wildman–Crippen MR) is 155 cm³/mol. The third-order valence-electron chi connectivity index (χ3n) is 7.35. The van der Waals surface area contributed by atoms with Crippen molar-refractivity contribution in [1.29, 1.82) is 0 Å². The number of nitrogens with zero attached hydrogens (tertiary/aromatic N) is 7. The van der Waals surface area contributed by atoms with E-state index in [-0.39, 0.29) is 34.1 Å². The van der Waals surface area contributed by atoms with Crippen LogP contribution in [0.25, 0.3) is 22.3 Å². The van der Waals surface area contributed by atoms with E-state index in [4.69, 9.17) is 39.0 Å².